The standard InChI is InChI=1S/C26H32N2O3/c1-18-15-19(2)22-21(16-18)26(23(29)28(22)17-20-9-7-6-8-10-20)11-13-27(14-12-26)24(30)31-25(3,4)5/h6-10,15-16H,11-14,17H2,1-5H3. The molecule has 1 fully saturated rings. The summed E-state index contributed by atoms with van der Waals surface area (Å²) in [5.74, 6) is 0.156. The maximum Gasteiger partial charge on any atom is 0.410 e. The average Bonchev–Trinajstić information content (AvgIpc) is 2.91. The molecular formula is C26H32N2O3. The van der Waals surface area contributed by atoms with Gasteiger partial charge in [-0.25, -0.2) is 4.79 Å². The fourth-order valence-corrected chi connectivity index (χ4v) is 4.96. The van der Waals surface area contributed by atoms with Crippen molar-refractivity contribution in [3.05, 3.63) is 64.7 Å². The molecule has 0 atom stereocenters. The van der Waals surface area contributed by atoms with Crippen LogP contribution in [0.5, 0.6) is 0 Å². The summed E-state index contributed by atoms with van der Waals surface area (Å²) in [4.78, 5) is 30.2. The summed E-state index contributed by atoms with van der Waals surface area (Å²) in [6, 6.07) is 14.5. The molecule has 5 heteroatoms. The Bertz CT molecular complexity index is 999. The number of carbonyl (C=O) groups is 2. The fraction of sp³-hybridized carbons (Fsp3) is 0.462. The topological polar surface area (TPSA) is 49.9 Å². The molecule has 0 aromatic heterocycles. The lowest BCUT2D eigenvalue weighted by Crippen LogP contribution is -2.50. The number of likely N-dealkylation sites (tertiary alicyclic amines) is 1. The highest BCUT2D eigenvalue weighted by Gasteiger charge is 2.53. The van der Waals surface area contributed by atoms with E-state index in [0.29, 0.717) is 32.5 Å². The Hall–Kier alpha value is -2.82. The number of rotatable bonds is 2. The maximum absolute atomic E-state index is 13.9. The molecule has 1 spiro atoms. The van der Waals surface area contributed by atoms with Crippen LogP contribution in [0.4, 0.5) is 10.5 Å². The molecule has 5 nitrogen and oxygen atoms in total. The summed E-state index contributed by atoms with van der Waals surface area (Å²) in [6.07, 6.45) is 0.938. The van der Waals surface area contributed by atoms with E-state index in [9.17, 15) is 9.59 Å². The molecule has 2 heterocycles. The van der Waals surface area contributed by atoms with Crippen LogP contribution < -0.4 is 4.90 Å². The van der Waals surface area contributed by atoms with Gasteiger partial charge in [0.1, 0.15) is 5.60 Å². The summed E-state index contributed by atoms with van der Waals surface area (Å²) in [5.41, 5.74) is 4.48. The number of nitrogens with zero attached hydrogens (tertiary/aromatic N) is 2. The molecule has 1 saturated heterocycles. The molecule has 0 unspecified atom stereocenters. The Kier molecular flexibility index (Phi) is 5.32. The van der Waals surface area contributed by atoms with Gasteiger partial charge in [-0.1, -0.05) is 48.0 Å². The van der Waals surface area contributed by atoms with Crippen molar-refractivity contribution >= 4 is 17.7 Å². The number of benzene rings is 2. The highest BCUT2D eigenvalue weighted by atomic mass is 16.6. The van der Waals surface area contributed by atoms with Crippen LogP contribution >= 0.6 is 0 Å². The van der Waals surface area contributed by atoms with Crippen molar-refractivity contribution in [1.29, 1.82) is 0 Å². The lowest BCUT2D eigenvalue weighted by molar-refractivity contribution is -0.125. The van der Waals surface area contributed by atoms with Gasteiger partial charge in [-0.05, 0) is 64.2 Å². The summed E-state index contributed by atoms with van der Waals surface area (Å²) < 4.78 is 5.55. The van der Waals surface area contributed by atoms with Crippen LogP contribution in [0.3, 0.4) is 0 Å². The van der Waals surface area contributed by atoms with Crippen molar-refractivity contribution in [3.8, 4) is 0 Å². The zero-order valence-corrected chi connectivity index (χ0v) is 19.2. The molecule has 0 aliphatic carbocycles. The third-order valence-electron chi connectivity index (χ3n) is 6.34. The first-order chi connectivity index (χ1) is 14.6. The minimum atomic E-state index is -0.570. The second-order valence-electron chi connectivity index (χ2n) is 9.90. The number of carbonyl (C=O) groups excluding carboxylic acids is 2. The summed E-state index contributed by atoms with van der Waals surface area (Å²) >= 11 is 0. The predicted octanol–water partition coefficient (Wildman–Crippen LogP) is 5.12. The molecule has 2 aromatic carbocycles. The molecule has 0 radical (unpaired) electrons. The van der Waals surface area contributed by atoms with Gasteiger partial charge in [-0.2, -0.15) is 0 Å². The Balaban J connectivity index is 1.65. The van der Waals surface area contributed by atoms with Gasteiger partial charge in [0.15, 0.2) is 0 Å². The zero-order valence-electron chi connectivity index (χ0n) is 19.2. The van der Waals surface area contributed by atoms with Gasteiger partial charge in [-0.15, -0.1) is 0 Å². The van der Waals surface area contributed by atoms with Gasteiger partial charge in [0, 0.05) is 13.1 Å². The highest BCUT2D eigenvalue weighted by molar-refractivity contribution is 6.09. The van der Waals surface area contributed by atoms with Crippen molar-refractivity contribution in [3.63, 3.8) is 0 Å². The molecule has 0 saturated carbocycles. The Morgan fingerprint density at radius 2 is 1.71 bits per heavy atom. The number of amides is 2. The van der Waals surface area contributed by atoms with Gasteiger partial charge in [0.05, 0.1) is 17.6 Å². The first-order valence-electron chi connectivity index (χ1n) is 11.1. The van der Waals surface area contributed by atoms with E-state index in [4.69, 9.17) is 4.74 Å². The van der Waals surface area contributed by atoms with E-state index in [1.807, 2.05) is 43.9 Å². The number of ether oxygens (including phenoxy) is 1. The van der Waals surface area contributed by atoms with Crippen molar-refractivity contribution in [2.24, 2.45) is 0 Å². The number of anilines is 1. The van der Waals surface area contributed by atoms with Crippen molar-refractivity contribution in [1.82, 2.24) is 4.90 Å². The van der Waals surface area contributed by atoms with Crippen LogP contribution in [0.15, 0.2) is 42.5 Å². The predicted molar refractivity (Wildman–Crippen MR) is 122 cm³/mol. The third kappa shape index (κ3) is 3.93. The first-order valence-corrected chi connectivity index (χ1v) is 11.1. The summed E-state index contributed by atoms with van der Waals surface area (Å²) in [6.45, 7) is 11.4. The zero-order chi connectivity index (χ0) is 22.4. The van der Waals surface area contributed by atoms with E-state index in [0.717, 1.165) is 22.4 Å². The first kappa shape index (κ1) is 21.4. The number of aryl methyl sites for hydroxylation is 2. The minimum absolute atomic E-state index is 0.156. The van der Waals surface area contributed by atoms with Crippen molar-refractivity contribution < 1.29 is 14.3 Å². The molecule has 2 aromatic rings. The van der Waals surface area contributed by atoms with Crippen LogP contribution in [0.1, 0.15) is 55.9 Å². The quantitative estimate of drug-likeness (QED) is 0.678. The van der Waals surface area contributed by atoms with E-state index in [2.05, 4.69) is 38.1 Å². The van der Waals surface area contributed by atoms with E-state index in [1.165, 1.54) is 5.56 Å². The van der Waals surface area contributed by atoms with Gasteiger partial charge in [0.25, 0.3) is 0 Å². The highest BCUT2D eigenvalue weighted by Crippen LogP contribution is 2.50. The van der Waals surface area contributed by atoms with Gasteiger partial charge >= 0.3 is 6.09 Å². The molecule has 31 heavy (non-hydrogen) atoms. The SMILES string of the molecule is Cc1cc(C)c2c(c1)C1(CCN(C(=O)OC(C)(C)C)CC1)C(=O)N2Cc1ccccc1. The van der Waals surface area contributed by atoms with Crippen LogP contribution in [-0.2, 0) is 21.5 Å². The average molecular weight is 421 g/mol. The van der Waals surface area contributed by atoms with Crippen LogP contribution in [0.2, 0.25) is 0 Å². The monoisotopic (exact) mass is 420 g/mol. The number of piperidine rings is 1. The largest absolute Gasteiger partial charge is 0.444 e. The number of hydrogen-bond donors (Lipinski definition) is 0. The van der Waals surface area contributed by atoms with Gasteiger partial charge in [-0.3, -0.25) is 4.79 Å². The lowest BCUT2D eigenvalue weighted by Gasteiger charge is -2.39. The van der Waals surface area contributed by atoms with Crippen LogP contribution in [0, 0.1) is 13.8 Å². The second-order valence-corrected chi connectivity index (χ2v) is 9.90. The van der Waals surface area contributed by atoms with E-state index >= 15 is 0 Å². The molecule has 2 aliphatic rings. The Labute approximate surface area is 185 Å². The van der Waals surface area contributed by atoms with Crippen molar-refractivity contribution in [2.45, 2.75) is 65.0 Å². The second kappa shape index (κ2) is 7.70. The van der Waals surface area contributed by atoms with Gasteiger partial charge < -0.3 is 14.5 Å². The molecular weight excluding hydrogens is 388 g/mol. The summed E-state index contributed by atoms with van der Waals surface area (Å²) in [7, 11) is 0. The van der Waals surface area contributed by atoms with E-state index in [1.54, 1.807) is 4.90 Å². The van der Waals surface area contributed by atoms with E-state index < -0.39 is 11.0 Å². The molecule has 0 N–H and O–H groups in total. The lowest BCUT2D eigenvalue weighted by atomic mass is 9.73. The fourth-order valence-electron chi connectivity index (χ4n) is 4.96. The van der Waals surface area contributed by atoms with Crippen LogP contribution in [-0.4, -0.2) is 35.6 Å². The van der Waals surface area contributed by atoms with E-state index in [-0.39, 0.29) is 12.0 Å². The minimum Gasteiger partial charge on any atom is -0.444 e. The summed E-state index contributed by atoms with van der Waals surface area (Å²) in [5, 5.41) is 0. The molecule has 4 rings (SSSR count). The Morgan fingerprint density at radius 1 is 1.06 bits per heavy atom. The molecule has 164 valence electrons. The number of fused-ring (bicyclic) bond motifs is 2. The van der Waals surface area contributed by atoms with Crippen LogP contribution in [0.25, 0.3) is 0 Å². The maximum atomic E-state index is 13.9. The smallest absolute Gasteiger partial charge is 0.410 e. The molecule has 2 aliphatic heterocycles. The van der Waals surface area contributed by atoms with Crippen molar-refractivity contribution in [2.75, 3.05) is 18.0 Å². The Morgan fingerprint density at radius 3 is 2.32 bits per heavy atom. The number of hydrogen-bond acceptors (Lipinski definition) is 3. The molecule has 2 amide bonds. The van der Waals surface area contributed by atoms with Gasteiger partial charge in [0.2, 0.25) is 5.91 Å². The molecule has 0 bridgehead atoms. The normalized spacial score (nSPS) is 17.8. The third-order valence-corrected chi connectivity index (χ3v) is 6.34.